The molecule has 2 aromatic rings. The molecule has 2 rings (SSSR count). The number of methoxy groups -OCH3 is 1. The maximum atomic E-state index is 11.8. The monoisotopic (exact) mass is 260 g/mol. The fourth-order valence-electron chi connectivity index (χ4n) is 1.66. The lowest BCUT2D eigenvalue weighted by molar-refractivity contribution is 0.0588. The predicted molar refractivity (Wildman–Crippen MR) is 67.6 cm³/mol. The minimum Gasteiger partial charge on any atom is -0.505 e. The molecule has 19 heavy (non-hydrogen) atoms. The standard InChI is InChI=1S/C13H12N2O4/c1-8-5-3-4-6-9(8)15-11(17)7-10(16)12(14-15)13(18)19-2/h3-7,16H,1-2H3. The van der Waals surface area contributed by atoms with Gasteiger partial charge in [-0.2, -0.15) is 9.78 Å². The summed E-state index contributed by atoms with van der Waals surface area (Å²) in [7, 11) is 1.17. The SMILES string of the molecule is COC(=O)c1nn(-c2ccccc2C)c(=O)cc1O. The minimum absolute atomic E-state index is 0.301. The van der Waals surface area contributed by atoms with Crippen LogP contribution < -0.4 is 5.56 Å². The van der Waals surface area contributed by atoms with Crippen molar-refractivity contribution in [3.05, 3.63) is 51.9 Å². The van der Waals surface area contributed by atoms with Crippen LogP contribution in [0.15, 0.2) is 35.1 Å². The molecule has 0 saturated carbocycles. The van der Waals surface area contributed by atoms with Gasteiger partial charge < -0.3 is 9.84 Å². The molecule has 0 aliphatic carbocycles. The Balaban J connectivity index is 2.68. The van der Waals surface area contributed by atoms with E-state index in [-0.39, 0.29) is 5.69 Å². The highest BCUT2D eigenvalue weighted by atomic mass is 16.5. The van der Waals surface area contributed by atoms with Crippen LogP contribution in [0.2, 0.25) is 0 Å². The van der Waals surface area contributed by atoms with E-state index in [4.69, 9.17) is 0 Å². The second kappa shape index (κ2) is 4.93. The Morgan fingerprint density at radius 3 is 2.68 bits per heavy atom. The molecule has 0 spiro atoms. The molecule has 6 heteroatoms. The number of hydrogen-bond donors (Lipinski definition) is 1. The van der Waals surface area contributed by atoms with Crippen molar-refractivity contribution in [2.75, 3.05) is 7.11 Å². The number of aromatic hydroxyl groups is 1. The van der Waals surface area contributed by atoms with E-state index in [0.717, 1.165) is 16.3 Å². The van der Waals surface area contributed by atoms with Gasteiger partial charge in [0.2, 0.25) is 5.69 Å². The molecule has 0 bridgehead atoms. The number of carbonyl (C=O) groups is 1. The Kier molecular flexibility index (Phi) is 3.33. The molecule has 98 valence electrons. The van der Waals surface area contributed by atoms with Crippen LogP contribution >= 0.6 is 0 Å². The summed E-state index contributed by atoms with van der Waals surface area (Å²) in [5, 5.41) is 13.4. The van der Waals surface area contributed by atoms with Crippen LogP contribution in [0.4, 0.5) is 0 Å². The van der Waals surface area contributed by atoms with Crippen LogP contribution in [-0.4, -0.2) is 28.0 Å². The lowest BCUT2D eigenvalue weighted by Crippen LogP contribution is -2.24. The number of hydrogen-bond acceptors (Lipinski definition) is 5. The number of rotatable bonds is 2. The van der Waals surface area contributed by atoms with Gasteiger partial charge in [0.25, 0.3) is 5.56 Å². The first-order chi connectivity index (χ1) is 9.04. The van der Waals surface area contributed by atoms with Gasteiger partial charge in [-0.15, -0.1) is 0 Å². The van der Waals surface area contributed by atoms with Crippen LogP contribution in [0, 0.1) is 6.92 Å². The van der Waals surface area contributed by atoms with Crippen LogP contribution in [0.1, 0.15) is 16.1 Å². The zero-order valence-electron chi connectivity index (χ0n) is 10.5. The van der Waals surface area contributed by atoms with Gasteiger partial charge in [0.15, 0.2) is 5.75 Å². The van der Waals surface area contributed by atoms with Gasteiger partial charge in [-0.3, -0.25) is 4.79 Å². The summed E-state index contributed by atoms with van der Waals surface area (Å²) in [5.74, 6) is -1.30. The molecule has 1 aromatic carbocycles. The number of esters is 1. The lowest BCUT2D eigenvalue weighted by Gasteiger charge is -2.09. The van der Waals surface area contributed by atoms with Crippen molar-refractivity contribution in [3.63, 3.8) is 0 Å². The average molecular weight is 260 g/mol. The first-order valence-electron chi connectivity index (χ1n) is 5.52. The van der Waals surface area contributed by atoms with Crippen LogP contribution in [0.3, 0.4) is 0 Å². The van der Waals surface area contributed by atoms with E-state index in [2.05, 4.69) is 9.84 Å². The summed E-state index contributed by atoms with van der Waals surface area (Å²) in [5.41, 5.74) is 0.529. The van der Waals surface area contributed by atoms with Gasteiger partial charge in [-0.25, -0.2) is 4.79 Å². The fourth-order valence-corrected chi connectivity index (χ4v) is 1.66. The summed E-state index contributed by atoms with van der Waals surface area (Å²) in [6, 6.07) is 8.02. The molecule has 0 aliphatic heterocycles. The van der Waals surface area contributed by atoms with Gasteiger partial charge in [0.1, 0.15) is 0 Å². The Hall–Kier alpha value is -2.63. The lowest BCUT2D eigenvalue weighted by atomic mass is 10.2. The first-order valence-corrected chi connectivity index (χ1v) is 5.52. The van der Waals surface area contributed by atoms with Crippen molar-refractivity contribution in [2.45, 2.75) is 6.92 Å². The maximum Gasteiger partial charge on any atom is 0.362 e. The fraction of sp³-hybridized carbons (Fsp3) is 0.154. The predicted octanol–water partition coefficient (Wildman–Crippen LogP) is 1.03. The third kappa shape index (κ3) is 2.33. The summed E-state index contributed by atoms with van der Waals surface area (Å²) in [4.78, 5) is 23.3. The third-order valence-corrected chi connectivity index (χ3v) is 2.63. The van der Waals surface area contributed by atoms with Crippen LogP contribution in [0.25, 0.3) is 5.69 Å². The van der Waals surface area contributed by atoms with E-state index in [0.29, 0.717) is 5.69 Å². The van der Waals surface area contributed by atoms with E-state index in [1.54, 1.807) is 12.1 Å². The molecule has 0 radical (unpaired) electrons. The molecule has 1 heterocycles. The normalized spacial score (nSPS) is 10.2. The number of para-hydroxylation sites is 1. The summed E-state index contributed by atoms with van der Waals surface area (Å²) in [6.07, 6.45) is 0. The van der Waals surface area contributed by atoms with Crippen molar-refractivity contribution < 1.29 is 14.6 Å². The van der Waals surface area contributed by atoms with Crippen molar-refractivity contribution in [1.29, 1.82) is 0 Å². The number of carbonyl (C=O) groups excluding carboxylic acids is 1. The summed E-state index contributed by atoms with van der Waals surface area (Å²) >= 11 is 0. The Labute approximate surface area is 108 Å². The highest BCUT2D eigenvalue weighted by Gasteiger charge is 2.17. The van der Waals surface area contributed by atoms with Gasteiger partial charge >= 0.3 is 5.97 Å². The molecule has 0 amide bonds. The Bertz CT molecular complexity index is 691. The zero-order valence-corrected chi connectivity index (χ0v) is 10.5. The smallest absolute Gasteiger partial charge is 0.362 e. The second-order valence-corrected chi connectivity index (χ2v) is 3.91. The van der Waals surface area contributed by atoms with E-state index in [9.17, 15) is 14.7 Å². The van der Waals surface area contributed by atoms with Crippen molar-refractivity contribution in [1.82, 2.24) is 9.78 Å². The number of ether oxygens (including phenoxy) is 1. The molecular weight excluding hydrogens is 248 g/mol. The number of nitrogens with zero attached hydrogens (tertiary/aromatic N) is 2. The van der Waals surface area contributed by atoms with Crippen LogP contribution in [0.5, 0.6) is 5.75 Å². The molecule has 0 atom stereocenters. The maximum absolute atomic E-state index is 11.8. The molecule has 0 aliphatic rings. The minimum atomic E-state index is -0.806. The molecular formula is C13H12N2O4. The summed E-state index contributed by atoms with van der Waals surface area (Å²) < 4.78 is 5.56. The molecule has 0 saturated heterocycles. The van der Waals surface area contributed by atoms with Crippen LogP contribution in [-0.2, 0) is 4.74 Å². The van der Waals surface area contributed by atoms with Crippen molar-refractivity contribution >= 4 is 5.97 Å². The first kappa shape index (κ1) is 12.8. The quantitative estimate of drug-likeness (QED) is 0.816. The van der Waals surface area contributed by atoms with Gasteiger partial charge in [-0.1, -0.05) is 18.2 Å². The van der Waals surface area contributed by atoms with Gasteiger partial charge in [-0.05, 0) is 18.6 Å². The van der Waals surface area contributed by atoms with Gasteiger partial charge in [0, 0.05) is 6.07 Å². The van der Waals surface area contributed by atoms with Crippen molar-refractivity contribution in [3.8, 4) is 11.4 Å². The second-order valence-electron chi connectivity index (χ2n) is 3.91. The molecule has 1 N–H and O–H groups in total. The average Bonchev–Trinajstić information content (AvgIpc) is 2.39. The van der Waals surface area contributed by atoms with Gasteiger partial charge in [0.05, 0.1) is 12.8 Å². The molecule has 0 fully saturated rings. The molecule has 0 unspecified atom stereocenters. The number of benzene rings is 1. The Morgan fingerprint density at radius 1 is 1.37 bits per heavy atom. The topological polar surface area (TPSA) is 81.4 Å². The third-order valence-electron chi connectivity index (χ3n) is 2.63. The zero-order chi connectivity index (χ0) is 14.0. The van der Waals surface area contributed by atoms with E-state index in [1.165, 1.54) is 7.11 Å². The number of aryl methyl sites for hydroxylation is 1. The largest absolute Gasteiger partial charge is 0.505 e. The molecule has 1 aromatic heterocycles. The molecule has 6 nitrogen and oxygen atoms in total. The Morgan fingerprint density at radius 2 is 2.05 bits per heavy atom. The van der Waals surface area contributed by atoms with E-state index >= 15 is 0 Å². The number of aromatic nitrogens is 2. The highest BCUT2D eigenvalue weighted by Crippen LogP contribution is 2.15. The van der Waals surface area contributed by atoms with E-state index < -0.39 is 17.3 Å². The summed E-state index contributed by atoms with van der Waals surface area (Å²) in [6.45, 7) is 1.81. The van der Waals surface area contributed by atoms with E-state index in [1.807, 2.05) is 19.1 Å². The highest BCUT2D eigenvalue weighted by molar-refractivity contribution is 5.89. The van der Waals surface area contributed by atoms with Crippen molar-refractivity contribution in [2.24, 2.45) is 0 Å².